The zero-order valence-corrected chi connectivity index (χ0v) is 63.3. The van der Waals surface area contributed by atoms with Crippen LogP contribution in [0.5, 0.6) is 0 Å². The third-order valence-electron chi connectivity index (χ3n) is 15.9. The van der Waals surface area contributed by atoms with Crippen molar-refractivity contribution < 1.29 is 47.7 Å². The number of carbonyl (C=O) groups is 6. The molecule has 1 N–H and O–H groups in total. The van der Waals surface area contributed by atoms with Crippen LogP contribution in [0.4, 0.5) is 4.79 Å². The van der Waals surface area contributed by atoms with E-state index in [1.54, 1.807) is 11.8 Å². The second-order valence-corrected chi connectivity index (χ2v) is 27.5. The standard InChI is InChI=1S/2C39H72N2O5S/c1-5-7-9-11-13-15-17-23-29-38(43)45-33-27-21-19-25-31-41(37(42)35-47-36-40(3)4)32-26-20-22-28-34-46-39(44)30-24-18-16-14-12-10-8-6-2;1-4-6-8-10-12-14-16-22-29-37(42)45-34-26-20-18-24-32-41(39(44)47-36-28-31-40-3)33-25-19-21-27-35-46-38(43)30-23-17-15-13-11-9-7-5-2/h15-18H,5-14,19-36H2,1-4H3;14-17,40H,4-13,18-36H2,1-3H3/b17-15-,18-16-;16-14-,17-15-. The van der Waals surface area contributed by atoms with Gasteiger partial charge in [0.1, 0.15) is 0 Å². The lowest BCUT2D eigenvalue weighted by Crippen LogP contribution is -2.34. The van der Waals surface area contributed by atoms with Crippen molar-refractivity contribution in [1.82, 2.24) is 20.0 Å². The van der Waals surface area contributed by atoms with E-state index < -0.39 is 0 Å². The predicted octanol–water partition coefficient (Wildman–Crippen LogP) is 20.5. The number of nitrogens with one attached hydrogen (secondary N) is 1. The summed E-state index contributed by atoms with van der Waals surface area (Å²) in [5, 5.41) is 3.32. The number of unbranched alkanes of at least 4 members (excludes halogenated alkanes) is 28. The summed E-state index contributed by atoms with van der Waals surface area (Å²) in [5.41, 5.74) is 0. The summed E-state index contributed by atoms with van der Waals surface area (Å²) in [5.74, 6) is 1.95. The van der Waals surface area contributed by atoms with E-state index in [1.165, 1.54) is 114 Å². The largest absolute Gasteiger partial charge is 0.466 e. The Bertz CT molecular complexity index is 1750. The third-order valence-corrected chi connectivity index (χ3v) is 18.1. The van der Waals surface area contributed by atoms with E-state index in [1.807, 2.05) is 30.9 Å². The monoisotopic (exact) mass is 1360 g/mol. The van der Waals surface area contributed by atoms with Crippen molar-refractivity contribution in [3.8, 4) is 0 Å². The lowest BCUT2D eigenvalue weighted by molar-refractivity contribution is -0.144. The molecule has 0 heterocycles. The molecule has 0 rings (SSSR count). The molecule has 0 aliphatic heterocycles. The Hall–Kier alpha value is -3.60. The van der Waals surface area contributed by atoms with Gasteiger partial charge < -0.3 is 39.0 Å². The first-order valence-electron chi connectivity index (χ1n) is 38.2. The van der Waals surface area contributed by atoms with Crippen LogP contribution in [0.2, 0.25) is 0 Å². The molecule has 0 bridgehead atoms. The van der Waals surface area contributed by atoms with Gasteiger partial charge in [-0.1, -0.05) is 191 Å². The van der Waals surface area contributed by atoms with Gasteiger partial charge in [0.2, 0.25) is 5.91 Å². The van der Waals surface area contributed by atoms with Gasteiger partial charge in [-0.15, -0.1) is 11.8 Å². The van der Waals surface area contributed by atoms with Crippen LogP contribution in [0, 0.1) is 0 Å². The smallest absolute Gasteiger partial charge is 0.306 e. The fourth-order valence-corrected chi connectivity index (χ4v) is 11.8. The van der Waals surface area contributed by atoms with E-state index in [2.05, 4.69) is 86.5 Å². The highest BCUT2D eigenvalue weighted by molar-refractivity contribution is 8.13. The molecule has 0 aliphatic rings. The molecule has 0 fully saturated rings. The molecule has 16 heteroatoms. The van der Waals surface area contributed by atoms with Crippen LogP contribution in [0.3, 0.4) is 0 Å². The first kappa shape index (κ1) is 92.5. The van der Waals surface area contributed by atoms with E-state index >= 15 is 0 Å². The molecule has 548 valence electrons. The Morgan fingerprint density at radius 3 is 0.936 bits per heavy atom. The molecule has 0 spiro atoms. The number of hydrogen-bond acceptors (Lipinski definition) is 14. The number of ether oxygens (including phenoxy) is 4. The van der Waals surface area contributed by atoms with Gasteiger partial charge in [-0.25, -0.2) is 0 Å². The minimum absolute atomic E-state index is 0.109. The van der Waals surface area contributed by atoms with Gasteiger partial charge in [-0.05, 0) is 188 Å². The second kappa shape index (κ2) is 76.8. The minimum Gasteiger partial charge on any atom is -0.466 e. The summed E-state index contributed by atoms with van der Waals surface area (Å²) >= 11 is 3.08. The molecule has 0 aromatic carbocycles. The van der Waals surface area contributed by atoms with Gasteiger partial charge in [-0.3, -0.25) is 28.8 Å². The molecule has 0 saturated heterocycles. The number of allylic oxidation sites excluding steroid dienone is 8. The fraction of sp³-hybridized carbons (Fsp3) is 0.821. The first-order valence-corrected chi connectivity index (χ1v) is 40.4. The Kier molecular flexibility index (Phi) is 75.5. The Labute approximate surface area is 586 Å². The lowest BCUT2D eigenvalue weighted by atomic mass is 10.1. The van der Waals surface area contributed by atoms with E-state index in [0.29, 0.717) is 57.9 Å². The summed E-state index contributed by atoms with van der Waals surface area (Å²) in [4.78, 5) is 79.9. The van der Waals surface area contributed by atoms with Crippen molar-refractivity contribution in [2.24, 2.45) is 0 Å². The van der Waals surface area contributed by atoms with Gasteiger partial charge in [0.25, 0.3) is 5.24 Å². The number of esters is 4. The molecule has 2 amide bonds. The highest BCUT2D eigenvalue weighted by atomic mass is 32.2. The lowest BCUT2D eigenvalue weighted by Gasteiger charge is -2.23. The summed E-state index contributed by atoms with van der Waals surface area (Å²) in [7, 11) is 5.97. The van der Waals surface area contributed by atoms with Crippen molar-refractivity contribution in [2.75, 3.05) is 97.7 Å². The molecule has 94 heavy (non-hydrogen) atoms. The van der Waals surface area contributed by atoms with Crippen molar-refractivity contribution in [3.63, 3.8) is 0 Å². The number of nitrogens with zero attached hydrogens (tertiary/aromatic N) is 3. The van der Waals surface area contributed by atoms with E-state index in [9.17, 15) is 28.8 Å². The molecule has 0 radical (unpaired) electrons. The highest BCUT2D eigenvalue weighted by Gasteiger charge is 2.16. The minimum atomic E-state index is -0.109. The maximum absolute atomic E-state index is 12.9. The van der Waals surface area contributed by atoms with Gasteiger partial charge in [0, 0.05) is 63.5 Å². The highest BCUT2D eigenvalue weighted by Crippen LogP contribution is 2.16. The van der Waals surface area contributed by atoms with Gasteiger partial charge in [0.15, 0.2) is 0 Å². The van der Waals surface area contributed by atoms with Crippen LogP contribution in [-0.2, 0) is 42.9 Å². The first-order chi connectivity index (χ1) is 45.9. The maximum Gasteiger partial charge on any atom is 0.306 e. The maximum atomic E-state index is 12.9. The summed E-state index contributed by atoms with van der Waals surface area (Å²) in [6.45, 7) is 14.8. The van der Waals surface area contributed by atoms with E-state index in [-0.39, 0.29) is 35.0 Å². The Balaban J connectivity index is 0. The van der Waals surface area contributed by atoms with Gasteiger partial charge >= 0.3 is 23.9 Å². The zero-order chi connectivity index (χ0) is 69.1. The molecular formula is C78H144N4O10S2. The molecule has 0 aromatic rings. The van der Waals surface area contributed by atoms with Crippen LogP contribution in [-0.4, -0.2) is 147 Å². The van der Waals surface area contributed by atoms with Crippen LogP contribution < -0.4 is 5.32 Å². The molecule has 0 saturated carbocycles. The average molecular weight is 1360 g/mol. The zero-order valence-electron chi connectivity index (χ0n) is 61.7. The molecule has 0 atom stereocenters. The van der Waals surface area contributed by atoms with Crippen molar-refractivity contribution >= 4 is 58.5 Å². The normalized spacial score (nSPS) is 11.5. The Morgan fingerprint density at radius 1 is 0.351 bits per heavy atom. The topological polar surface area (TPSA) is 161 Å². The van der Waals surface area contributed by atoms with E-state index in [4.69, 9.17) is 18.9 Å². The van der Waals surface area contributed by atoms with Crippen molar-refractivity contribution in [3.05, 3.63) is 48.6 Å². The fourth-order valence-electron chi connectivity index (χ4n) is 10.1. The number of rotatable bonds is 68. The number of amides is 2. The van der Waals surface area contributed by atoms with Gasteiger partial charge in [-0.2, -0.15) is 0 Å². The third kappa shape index (κ3) is 72.7. The summed E-state index contributed by atoms with van der Waals surface area (Å²) in [6.07, 6.45) is 63.1. The summed E-state index contributed by atoms with van der Waals surface area (Å²) in [6, 6.07) is 0. The molecule has 0 aliphatic carbocycles. The Morgan fingerprint density at radius 2 is 0.638 bits per heavy atom. The molecular weight excluding hydrogens is 1220 g/mol. The van der Waals surface area contributed by atoms with Crippen molar-refractivity contribution in [2.45, 2.75) is 317 Å². The van der Waals surface area contributed by atoms with Crippen LogP contribution >= 0.6 is 23.5 Å². The summed E-state index contributed by atoms with van der Waals surface area (Å²) < 4.78 is 21.6. The number of hydrogen-bond donors (Lipinski definition) is 1. The van der Waals surface area contributed by atoms with Crippen LogP contribution in [0.15, 0.2) is 48.6 Å². The molecule has 14 nitrogen and oxygen atoms in total. The average Bonchev–Trinajstić information content (AvgIpc) is 3.54. The predicted molar refractivity (Wildman–Crippen MR) is 402 cm³/mol. The SMILES string of the molecule is CCCCCC/C=C\CCC(=O)OCCCCCCN(CCCCCCOC(=O)CC/C=C\CCCCCC)C(=O)CSCN(C)C.CCCCCC/C=C\CCC(=O)OCCCCCCN(CCCCCCOC(=O)CC/C=C\CCCCCC)C(=O)SCCCNC. The number of thioether (sulfide) groups is 2. The number of carbonyl (C=O) groups excluding carboxylic acids is 6. The van der Waals surface area contributed by atoms with Gasteiger partial charge in [0.05, 0.1) is 32.2 Å². The van der Waals surface area contributed by atoms with E-state index in [0.717, 1.165) is 205 Å². The second-order valence-electron chi connectivity index (χ2n) is 25.5. The van der Waals surface area contributed by atoms with Crippen molar-refractivity contribution in [1.29, 1.82) is 0 Å². The quantitative estimate of drug-likeness (QED) is 0.0201. The molecule has 0 unspecified atom stereocenters. The molecule has 0 aromatic heterocycles. The van der Waals surface area contributed by atoms with Crippen LogP contribution in [0.25, 0.3) is 0 Å². The van der Waals surface area contributed by atoms with Crippen LogP contribution in [0.1, 0.15) is 317 Å².